The smallest absolute Gasteiger partial charge is 0.450 e. The first kappa shape index (κ1) is 27.0. The molecule has 124 valence electrons. The second-order valence-corrected chi connectivity index (χ2v) is 5.54. The summed E-state index contributed by atoms with van der Waals surface area (Å²) in [6.45, 7) is 17.9. The van der Waals surface area contributed by atoms with Crippen LogP contribution in [0.3, 0.4) is 0 Å². The lowest BCUT2D eigenvalue weighted by Gasteiger charge is -2.05. The maximum atomic E-state index is 8.56. The van der Waals surface area contributed by atoms with Crippen LogP contribution in [0.5, 0.6) is 0 Å². The predicted octanol–water partition coefficient (Wildman–Crippen LogP) is 5.04. The molecule has 0 saturated heterocycles. The van der Waals surface area contributed by atoms with Crippen molar-refractivity contribution in [3.05, 3.63) is 0 Å². The van der Waals surface area contributed by atoms with Gasteiger partial charge in [0.1, 0.15) is 0 Å². The van der Waals surface area contributed by atoms with Gasteiger partial charge in [0.05, 0.1) is 0 Å². The Kier molecular flexibility index (Phi) is 23.7. The summed E-state index contributed by atoms with van der Waals surface area (Å²) in [7, 11) is 0. The Hall–Kier alpha value is -1.46. The normalized spacial score (nSPS) is 9.00. The van der Waals surface area contributed by atoms with Gasteiger partial charge in [-0.05, 0) is 23.7 Å². The van der Waals surface area contributed by atoms with Crippen LogP contribution in [-0.4, -0.2) is 32.7 Å². The first-order valence-electron chi connectivity index (χ1n) is 6.59. The summed E-state index contributed by atoms with van der Waals surface area (Å²) >= 11 is 0. The fourth-order valence-electron chi connectivity index (χ4n) is 0. The minimum Gasteiger partial charge on any atom is -0.450 e. The van der Waals surface area contributed by atoms with Gasteiger partial charge in [-0.25, -0.2) is 9.59 Å². The molecule has 0 radical (unpaired) electrons. The van der Waals surface area contributed by atoms with E-state index in [1.54, 1.807) is 0 Å². The van der Waals surface area contributed by atoms with Crippen LogP contribution >= 0.6 is 0 Å². The van der Waals surface area contributed by atoms with Crippen LogP contribution < -0.4 is 0 Å². The number of rotatable bonds is 2. The van der Waals surface area contributed by atoms with Crippen molar-refractivity contribution in [2.24, 2.45) is 23.7 Å². The van der Waals surface area contributed by atoms with Crippen LogP contribution in [0.15, 0.2) is 0 Å². The van der Waals surface area contributed by atoms with E-state index in [1.807, 2.05) is 0 Å². The number of carboxylic acid groups (broad SMARTS) is 4. The summed E-state index contributed by atoms with van der Waals surface area (Å²) in [5.41, 5.74) is 0. The molecule has 0 heterocycles. The van der Waals surface area contributed by atoms with Crippen molar-refractivity contribution in [3.8, 4) is 0 Å². The van der Waals surface area contributed by atoms with Gasteiger partial charge < -0.3 is 20.4 Å². The highest BCUT2D eigenvalue weighted by Gasteiger charge is 1.96. The van der Waals surface area contributed by atoms with Gasteiger partial charge >= 0.3 is 12.3 Å². The van der Waals surface area contributed by atoms with E-state index in [0.717, 1.165) is 23.7 Å². The highest BCUT2D eigenvalue weighted by molar-refractivity contribution is 5.53. The summed E-state index contributed by atoms with van der Waals surface area (Å²) in [5, 5.41) is 27.9. The first-order valence-corrected chi connectivity index (χ1v) is 6.59. The predicted molar refractivity (Wildman–Crippen MR) is 80.7 cm³/mol. The van der Waals surface area contributed by atoms with E-state index in [4.69, 9.17) is 30.0 Å². The van der Waals surface area contributed by atoms with Gasteiger partial charge in [-0.1, -0.05) is 55.4 Å². The molecule has 20 heavy (non-hydrogen) atoms. The zero-order valence-corrected chi connectivity index (χ0v) is 13.9. The number of carbonyl (C=O) groups is 2. The van der Waals surface area contributed by atoms with Gasteiger partial charge in [0.25, 0.3) is 0 Å². The Labute approximate surface area is 122 Å². The number of hydrogen-bond donors (Lipinski definition) is 4. The van der Waals surface area contributed by atoms with E-state index in [-0.39, 0.29) is 0 Å². The molecule has 0 aromatic rings. The first-order chi connectivity index (χ1) is 8.75. The Bertz CT molecular complexity index is 178. The molecule has 0 aliphatic heterocycles. The van der Waals surface area contributed by atoms with Gasteiger partial charge in [0.2, 0.25) is 0 Å². The molecule has 0 rings (SSSR count). The molecular formula is C14H32O6. The minimum absolute atomic E-state index is 0.852. The molecule has 0 aromatic heterocycles. The fourth-order valence-corrected chi connectivity index (χ4v) is 0. The molecule has 0 aliphatic rings. The highest BCUT2D eigenvalue weighted by atomic mass is 16.6. The molecule has 4 N–H and O–H groups in total. The summed E-state index contributed by atoms with van der Waals surface area (Å²) in [5.74, 6) is 3.41. The van der Waals surface area contributed by atoms with Crippen molar-refractivity contribution < 1.29 is 30.0 Å². The van der Waals surface area contributed by atoms with Crippen LogP contribution in [0.25, 0.3) is 0 Å². The van der Waals surface area contributed by atoms with Crippen LogP contribution in [0.2, 0.25) is 0 Å². The van der Waals surface area contributed by atoms with Crippen LogP contribution in [0, 0.1) is 23.7 Å². The van der Waals surface area contributed by atoms with Crippen molar-refractivity contribution in [1.82, 2.24) is 0 Å². The van der Waals surface area contributed by atoms with Crippen molar-refractivity contribution in [2.75, 3.05) is 0 Å². The molecule has 0 atom stereocenters. The summed E-state index contributed by atoms with van der Waals surface area (Å²) in [6, 6.07) is 0. The topological polar surface area (TPSA) is 115 Å². The Morgan fingerprint density at radius 2 is 0.550 bits per heavy atom. The zero-order valence-electron chi connectivity index (χ0n) is 13.9. The van der Waals surface area contributed by atoms with Gasteiger partial charge in [-0.2, -0.15) is 0 Å². The quantitative estimate of drug-likeness (QED) is 0.567. The zero-order chi connectivity index (χ0) is 17.5. The molecule has 0 saturated carbocycles. The Balaban J connectivity index is -0.0000000871. The molecule has 0 amide bonds. The largest absolute Gasteiger partial charge is 0.503 e. The fraction of sp³-hybridized carbons (Fsp3) is 0.857. The summed E-state index contributed by atoms with van der Waals surface area (Å²) in [4.78, 5) is 17.1. The van der Waals surface area contributed by atoms with Gasteiger partial charge in [0, 0.05) is 0 Å². The molecular weight excluding hydrogens is 264 g/mol. The molecule has 6 heteroatoms. The molecule has 0 unspecified atom stereocenters. The lowest BCUT2D eigenvalue weighted by molar-refractivity contribution is 0.135. The van der Waals surface area contributed by atoms with E-state index < -0.39 is 12.3 Å². The molecule has 6 nitrogen and oxygen atoms in total. The standard InChI is InChI=1S/2C6H14.2CH2O3/c2*1-5(2)6(3)4;2*2-1(3)4/h2*5-6H,1-4H3;2*(H2,2,3,4). The second kappa shape index (κ2) is 17.5. The number of hydrogen-bond acceptors (Lipinski definition) is 2. The summed E-state index contributed by atoms with van der Waals surface area (Å²) < 4.78 is 0. The van der Waals surface area contributed by atoms with Crippen molar-refractivity contribution >= 4 is 12.3 Å². The third-order valence-electron chi connectivity index (χ3n) is 2.67. The van der Waals surface area contributed by atoms with Crippen LogP contribution in [0.4, 0.5) is 9.59 Å². The van der Waals surface area contributed by atoms with Crippen molar-refractivity contribution in [1.29, 1.82) is 0 Å². The van der Waals surface area contributed by atoms with Crippen LogP contribution in [0.1, 0.15) is 55.4 Å². The molecule has 0 fully saturated rings. The van der Waals surface area contributed by atoms with Gasteiger partial charge in [-0.15, -0.1) is 0 Å². The highest BCUT2D eigenvalue weighted by Crippen LogP contribution is 2.06. The maximum absolute atomic E-state index is 8.56. The van der Waals surface area contributed by atoms with E-state index in [2.05, 4.69) is 55.4 Å². The van der Waals surface area contributed by atoms with Gasteiger partial charge in [0.15, 0.2) is 0 Å². The van der Waals surface area contributed by atoms with Gasteiger partial charge in [-0.3, -0.25) is 0 Å². The van der Waals surface area contributed by atoms with E-state index in [9.17, 15) is 0 Å². The van der Waals surface area contributed by atoms with Crippen molar-refractivity contribution in [3.63, 3.8) is 0 Å². The van der Waals surface area contributed by atoms with E-state index in [1.165, 1.54) is 0 Å². The van der Waals surface area contributed by atoms with E-state index in [0.29, 0.717) is 0 Å². The third-order valence-corrected chi connectivity index (χ3v) is 2.67. The molecule has 0 bridgehead atoms. The lowest BCUT2D eigenvalue weighted by atomic mass is 10.0. The lowest BCUT2D eigenvalue weighted by Crippen LogP contribution is -1.95. The Morgan fingerprint density at radius 3 is 0.550 bits per heavy atom. The summed E-state index contributed by atoms with van der Waals surface area (Å²) in [6.07, 6.45) is -3.67. The average Bonchev–Trinajstić information content (AvgIpc) is 2.15. The maximum Gasteiger partial charge on any atom is 0.503 e. The monoisotopic (exact) mass is 296 g/mol. The van der Waals surface area contributed by atoms with Crippen molar-refractivity contribution in [2.45, 2.75) is 55.4 Å². The second-order valence-electron chi connectivity index (χ2n) is 5.54. The molecule has 0 aliphatic carbocycles. The average molecular weight is 296 g/mol. The molecule has 0 aromatic carbocycles. The van der Waals surface area contributed by atoms with Crippen LogP contribution in [-0.2, 0) is 0 Å². The minimum atomic E-state index is -1.83. The van der Waals surface area contributed by atoms with E-state index >= 15 is 0 Å². The third kappa shape index (κ3) is 93.4. The SMILES string of the molecule is CC(C)C(C)C.CC(C)C(C)C.O=C(O)O.O=C(O)O. The Morgan fingerprint density at radius 1 is 0.500 bits per heavy atom. The molecule has 0 spiro atoms.